The fourth-order valence-corrected chi connectivity index (χ4v) is 7.02. The Morgan fingerprint density at radius 3 is 2.45 bits per heavy atom. The summed E-state index contributed by atoms with van der Waals surface area (Å²) in [6, 6.07) is 21.9. The van der Waals surface area contributed by atoms with Crippen molar-refractivity contribution in [2.24, 2.45) is 5.92 Å². The molecule has 7 rings (SSSR count). The molecule has 4 heterocycles. The highest BCUT2D eigenvalue weighted by Gasteiger charge is 2.70. The van der Waals surface area contributed by atoms with Gasteiger partial charge in [0, 0.05) is 35.9 Å². The first-order valence-corrected chi connectivity index (χ1v) is 13.7. The molecule has 0 bridgehead atoms. The minimum absolute atomic E-state index is 0.297. The van der Waals surface area contributed by atoms with Crippen molar-refractivity contribution in [2.45, 2.75) is 17.5 Å². The third kappa shape index (κ3) is 3.48. The number of benzene rings is 3. The van der Waals surface area contributed by atoms with Crippen LogP contribution < -0.4 is 14.8 Å². The van der Waals surface area contributed by atoms with Crippen LogP contribution in [0.25, 0.3) is 6.08 Å². The number of amides is 1. The monoisotopic (exact) mass is 557 g/mol. The maximum Gasteiger partial charge on any atom is 0.238 e. The zero-order valence-electron chi connectivity index (χ0n) is 23.0. The number of rotatable bonds is 6. The van der Waals surface area contributed by atoms with E-state index in [4.69, 9.17) is 9.47 Å². The summed E-state index contributed by atoms with van der Waals surface area (Å²) in [4.78, 5) is 50.1. The standard InChI is InChI=1S/C34H27N3O5/c1-41-22-11-12-24(27(19-22)42-2)31(39)29-28(30(38)21-13-16-35-17-14-21)34(25-9-5-6-10-26(25)36-33(34)40)32-23-8-4-3-7-20(23)15-18-37(29)32/h3-19,28-29,32H,1-2H3,(H,36,40)/t28-,29+,32-,34-/m1/s1. The van der Waals surface area contributed by atoms with Crippen molar-refractivity contribution in [3.63, 3.8) is 0 Å². The lowest BCUT2D eigenvalue weighted by atomic mass is 9.62. The Morgan fingerprint density at radius 1 is 0.905 bits per heavy atom. The summed E-state index contributed by atoms with van der Waals surface area (Å²) < 4.78 is 11.0. The van der Waals surface area contributed by atoms with Crippen LogP contribution in [0.4, 0.5) is 5.69 Å². The maximum atomic E-state index is 14.8. The molecule has 0 aliphatic carbocycles. The number of pyridine rings is 1. The van der Waals surface area contributed by atoms with Crippen LogP contribution in [0.3, 0.4) is 0 Å². The predicted molar refractivity (Wildman–Crippen MR) is 157 cm³/mol. The van der Waals surface area contributed by atoms with E-state index in [1.807, 2.05) is 65.7 Å². The molecule has 1 saturated heterocycles. The fraction of sp³-hybridized carbons (Fsp3) is 0.176. The van der Waals surface area contributed by atoms with Crippen molar-refractivity contribution < 1.29 is 23.9 Å². The first-order chi connectivity index (χ1) is 20.5. The van der Waals surface area contributed by atoms with Crippen molar-refractivity contribution in [2.75, 3.05) is 19.5 Å². The van der Waals surface area contributed by atoms with Crippen LogP contribution in [-0.4, -0.2) is 47.6 Å². The molecule has 1 spiro atoms. The number of anilines is 1. The molecule has 3 aromatic carbocycles. The van der Waals surface area contributed by atoms with Crippen LogP contribution >= 0.6 is 0 Å². The molecule has 1 N–H and O–H groups in total. The number of ketones is 2. The molecule has 1 fully saturated rings. The SMILES string of the molecule is COc1ccc(C(=O)[C@@H]2[C@H](C(=O)c3ccncc3)[C@@]3(C(=O)Nc4ccccc43)[C@H]3c4ccccc4C=CN23)c(OC)c1. The van der Waals surface area contributed by atoms with E-state index in [0.29, 0.717) is 33.9 Å². The zero-order valence-corrected chi connectivity index (χ0v) is 23.0. The molecule has 8 nitrogen and oxygen atoms in total. The van der Waals surface area contributed by atoms with Crippen LogP contribution in [-0.2, 0) is 10.2 Å². The number of methoxy groups -OCH3 is 2. The number of Topliss-reactive ketones (excluding diaryl/α,β-unsaturated/α-hetero) is 2. The second-order valence-corrected chi connectivity index (χ2v) is 10.6. The molecule has 42 heavy (non-hydrogen) atoms. The molecule has 3 aliphatic heterocycles. The van der Waals surface area contributed by atoms with E-state index in [9.17, 15) is 14.4 Å². The summed E-state index contributed by atoms with van der Waals surface area (Å²) in [5.74, 6) is -1.17. The molecule has 1 amide bonds. The van der Waals surface area contributed by atoms with E-state index >= 15 is 0 Å². The Balaban J connectivity index is 1.53. The number of hydrogen-bond donors (Lipinski definition) is 1. The number of carbonyl (C=O) groups excluding carboxylic acids is 3. The first kappa shape index (κ1) is 25.7. The number of nitrogens with zero attached hydrogens (tertiary/aromatic N) is 2. The van der Waals surface area contributed by atoms with Gasteiger partial charge in [-0.1, -0.05) is 42.5 Å². The lowest BCUT2D eigenvalue weighted by molar-refractivity contribution is -0.122. The Hall–Kier alpha value is -5.24. The van der Waals surface area contributed by atoms with Gasteiger partial charge in [-0.15, -0.1) is 0 Å². The third-order valence-electron chi connectivity index (χ3n) is 8.76. The molecular formula is C34H27N3O5. The molecule has 208 valence electrons. The molecule has 4 aromatic rings. The van der Waals surface area contributed by atoms with Crippen LogP contribution in [0.5, 0.6) is 11.5 Å². The average molecular weight is 558 g/mol. The normalized spacial score (nSPS) is 23.1. The van der Waals surface area contributed by atoms with Crippen LogP contribution in [0, 0.1) is 5.92 Å². The summed E-state index contributed by atoms with van der Waals surface area (Å²) in [5, 5.41) is 3.06. The minimum Gasteiger partial charge on any atom is -0.497 e. The molecule has 0 unspecified atom stereocenters. The Morgan fingerprint density at radius 2 is 1.67 bits per heavy atom. The van der Waals surface area contributed by atoms with Gasteiger partial charge in [0.2, 0.25) is 5.91 Å². The summed E-state index contributed by atoms with van der Waals surface area (Å²) in [6.07, 6.45) is 6.87. The average Bonchev–Trinajstić information content (AvgIpc) is 3.52. The van der Waals surface area contributed by atoms with Gasteiger partial charge in [0.15, 0.2) is 11.6 Å². The topological polar surface area (TPSA) is 97.8 Å². The highest BCUT2D eigenvalue weighted by molar-refractivity contribution is 6.17. The van der Waals surface area contributed by atoms with Gasteiger partial charge in [-0.05, 0) is 53.1 Å². The van der Waals surface area contributed by atoms with Crippen molar-refractivity contribution >= 4 is 29.2 Å². The zero-order chi connectivity index (χ0) is 29.0. The number of aromatic nitrogens is 1. The van der Waals surface area contributed by atoms with E-state index in [2.05, 4.69) is 10.3 Å². The van der Waals surface area contributed by atoms with Gasteiger partial charge in [-0.3, -0.25) is 19.4 Å². The van der Waals surface area contributed by atoms with Gasteiger partial charge >= 0.3 is 0 Å². The summed E-state index contributed by atoms with van der Waals surface area (Å²) >= 11 is 0. The smallest absolute Gasteiger partial charge is 0.238 e. The minimum atomic E-state index is -1.40. The molecule has 4 atom stereocenters. The van der Waals surface area contributed by atoms with E-state index in [-0.39, 0.29) is 17.5 Å². The van der Waals surface area contributed by atoms with E-state index < -0.39 is 23.4 Å². The number of nitrogens with one attached hydrogen (secondary N) is 1. The fourth-order valence-electron chi connectivity index (χ4n) is 7.02. The Kier molecular flexibility index (Phi) is 5.93. The highest BCUT2D eigenvalue weighted by Crippen LogP contribution is 2.62. The van der Waals surface area contributed by atoms with Gasteiger partial charge in [0.1, 0.15) is 23.0 Å². The van der Waals surface area contributed by atoms with Gasteiger partial charge in [-0.25, -0.2) is 0 Å². The number of hydrogen-bond acceptors (Lipinski definition) is 7. The van der Waals surface area contributed by atoms with E-state index in [1.165, 1.54) is 14.2 Å². The lowest BCUT2D eigenvalue weighted by Gasteiger charge is -2.38. The third-order valence-corrected chi connectivity index (χ3v) is 8.76. The number of ether oxygens (including phenoxy) is 2. The van der Waals surface area contributed by atoms with Crippen LogP contribution in [0.15, 0.2) is 97.5 Å². The van der Waals surface area contributed by atoms with Crippen molar-refractivity contribution in [1.29, 1.82) is 0 Å². The van der Waals surface area contributed by atoms with Gasteiger partial charge in [-0.2, -0.15) is 0 Å². The predicted octanol–water partition coefficient (Wildman–Crippen LogP) is 5.08. The van der Waals surface area contributed by atoms with Crippen molar-refractivity contribution in [3.05, 3.63) is 125 Å². The second-order valence-electron chi connectivity index (χ2n) is 10.6. The summed E-state index contributed by atoms with van der Waals surface area (Å²) in [7, 11) is 3.03. The van der Waals surface area contributed by atoms with E-state index in [1.54, 1.807) is 42.7 Å². The molecule has 0 radical (unpaired) electrons. The van der Waals surface area contributed by atoms with E-state index in [0.717, 1.165) is 11.1 Å². The number of para-hydroxylation sites is 1. The molecule has 3 aliphatic rings. The van der Waals surface area contributed by atoms with Crippen molar-refractivity contribution in [1.82, 2.24) is 9.88 Å². The molecule has 1 aromatic heterocycles. The summed E-state index contributed by atoms with van der Waals surface area (Å²) in [6.45, 7) is 0. The van der Waals surface area contributed by atoms with Gasteiger partial charge in [0.25, 0.3) is 0 Å². The molecule has 8 heteroatoms. The molecular weight excluding hydrogens is 530 g/mol. The summed E-state index contributed by atoms with van der Waals surface area (Å²) in [5.41, 5.74) is 2.40. The van der Waals surface area contributed by atoms with Gasteiger partial charge in [0.05, 0.1) is 31.7 Å². The number of fused-ring (bicyclic) bond motifs is 6. The molecule has 0 saturated carbocycles. The number of carbonyl (C=O) groups is 3. The quantitative estimate of drug-likeness (QED) is 0.330. The van der Waals surface area contributed by atoms with Crippen molar-refractivity contribution in [3.8, 4) is 11.5 Å². The van der Waals surface area contributed by atoms with Crippen LogP contribution in [0.1, 0.15) is 43.4 Å². The Labute approximate surface area is 242 Å². The largest absolute Gasteiger partial charge is 0.497 e. The maximum absolute atomic E-state index is 14.8. The highest BCUT2D eigenvalue weighted by atomic mass is 16.5. The lowest BCUT2D eigenvalue weighted by Crippen LogP contribution is -2.49. The van der Waals surface area contributed by atoms with Crippen LogP contribution in [0.2, 0.25) is 0 Å². The first-order valence-electron chi connectivity index (χ1n) is 13.7. The Bertz CT molecular complexity index is 1790. The van der Waals surface area contributed by atoms with Gasteiger partial charge < -0.3 is 19.7 Å². The second kappa shape index (κ2) is 9.69.